The Labute approximate surface area is 115 Å². The third-order valence-electron chi connectivity index (χ3n) is 3.20. The number of benzene rings is 1. The lowest BCUT2D eigenvalue weighted by Gasteiger charge is -2.13. The minimum atomic E-state index is 0.413. The lowest BCUT2D eigenvalue weighted by Crippen LogP contribution is -2.30. The quantitative estimate of drug-likeness (QED) is 0.707. The Morgan fingerprint density at radius 1 is 1.32 bits per heavy atom. The molecule has 2 N–H and O–H groups in total. The molecule has 0 amide bonds. The summed E-state index contributed by atoms with van der Waals surface area (Å²) in [6.45, 7) is 6.38. The standard InChI is InChI=1S/C15H24N2O2/c1-2-18-15-8-4-3-7-14(15)17-10-9-16-12-13-6-5-11-19-13/h3-4,7-8,13,16-17H,2,5-6,9-12H2,1H3. The van der Waals surface area contributed by atoms with Crippen molar-refractivity contribution in [1.29, 1.82) is 0 Å². The molecule has 4 heteroatoms. The minimum absolute atomic E-state index is 0.413. The van der Waals surface area contributed by atoms with Crippen LogP contribution >= 0.6 is 0 Å². The topological polar surface area (TPSA) is 42.5 Å². The van der Waals surface area contributed by atoms with Gasteiger partial charge < -0.3 is 20.1 Å². The van der Waals surface area contributed by atoms with Crippen LogP contribution in [0.5, 0.6) is 5.75 Å². The van der Waals surface area contributed by atoms with Crippen LogP contribution in [0.1, 0.15) is 19.8 Å². The van der Waals surface area contributed by atoms with E-state index in [2.05, 4.69) is 10.6 Å². The summed E-state index contributed by atoms with van der Waals surface area (Å²) in [7, 11) is 0. The van der Waals surface area contributed by atoms with Crippen molar-refractivity contribution in [2.24, 2.45) is 0 Å². The molecule has 1 heterocycles. The van der Waals surface area contributed by atoms with Gasteiger partial charge in [0.1, 0.15) is 5.75 Å². The van der Waals surface area contributed by atoms with E-state index in [4.69, 9.17) is 9.47 Å². The van der Waals surface area contributed by atoms with Gasteiger partial charge in [0.25, 0.3) is 0 Å². The molecular weight excluding hydrogens is 240 g/mol. The summed E-state index contributed by atoms with van der Waals surface area (Å²) >= 11 is 0. The van der Waals surface area contributed by atoms with Gasteiger partial charge in [0, 0.05) is 26.2 Å². The largest absolute Gasteiger partial charge is 0.492 e. The molecule has 19 heavy (non-hydrogen) atoms. The highest BCUT2D eigenvalue weighted by Gasteiger charge is 2.14. The van der Waals surface area contributed by atoms with Gasteiger partial charge in [-0.1, -0.05) is 12.1 Å². The normalized spacial score (nSPS) is 18.5. The lowest BCUT2D eigenvalue weighted by molar-refractivity contribution is 0.110. The first-order valence-corrected chi connectivity index (χ1v) is 7.18. The Morgan fingerprint density at radius 2 is 2.21 bits per heavy atom. The average molecular weight is 264 g/mol. The number of hydrogen-bond donors (Lipinski definition) is 2. The molecule has 1 fully saturated rings. The molecule has 1 aromatic rings. The van der Waals surface area contributed by atoms with Gasteiger partial charge in [-0.15, -0.1) is 0 Å². The molecule has 0 aliphatic carbocycles. The van der Waals surface area contributed by atoms with Gasteiger partial charge in [-0.3, -0.25) is 0 Å². The number of hydrogen-bond acceptors (Lipinski definition) is 4. The van der Waals surface area contributed by atoms with Crippen LogP contribution < -0.4 is 15.4 Å². The molecule has 0 aromatic heterocycles. The number of anilines is 1. The van der Waals surface area contributed by atoms with Gasteiger partial charge in [0.05, 0.1) is 18.4 Å². The number of nitrogens with one attached hydrogen (secondary N) is 2. The zero-order chi connectivity index (χ0) is 13.3. The van der Waals surface area contributed by atoms with Gasteiger partial charge in [0.15, 0.2) is 0 Å². The Hall–Kier alpha value is -1.26. The fraction of sp³-hybridized carbons (Fsp3) is 0.600. The monoisotopic (exact) mass is 264 g/mol. The van der Waals surface area contributed by atoms with Crippen molar-refractivity contribution in [2.45, 2.75) is 25.9 Å². The van der Waals surface area contributed by atoms with Gasteiger partial charge in [-0.25, -0.2) is 0 Å². The van der Waals surface area contributed by atoms with E-state index >= 15 is 0 Å². The van der Waals surface area contributed by atoms with Crippen molar-refractivity contribution in [2.75, 3.05) is 38.2 Å². The summed E-state index contributed by atoms with van der Waals surface area (Å²) < 4.78 is 11.1. The van der Waals surface area contributed by atoms with E-state index in [0.29, 0.717) is 12.7 Å². The van der Waals surface area contributed by atoms with E-state index in [1.165, 1.54) is 12.8 Å². The third kappa shape index (κ3) is 4.73. The van der Waals surface area contributed by atoms with E-state index in [0.717, 1.165) is 37.7 Å². The smallest absolute Gasteiger partial charge is 0.142 e. The molecule has 2 rings (SSSR count). The molecule has 0 radical (unpaired) electrons. The Balaban J connectivity index is 1.64. The Kier molecular flexibility index (Phi) is 5.98. The van der Waals surface area contributed by atoms with Crippen LogP contribution in [0.25, 0.3) is 0 Å². The van der Waals surface area contributed by atoms with E-state index in [1.54, 1.807) is 0 Å². The summed E-state index contributed by atoms with van der Waals surface area (Å²) in [5.74, 6) is 0.920. The second-order valence-electron chi connectivity index (χ2n) is 4.70. The van der Waals surface area contributed by atoms with Gasteiger partial charge in [-0.05, 0) is 31.9 Å². The fourth-order valence-corrected chi connectivity index (χ4v) is 2.25. The van der Waals surface area contributed by atoms with Crippen LogP contribution in [0.4, 0.5) is 5.69 Å². The van der Waals surface area contributed by atoms with Crippen LogP contribution in [-0.4, -0.2) is 39.0 Å². The van der Waals surface area contributed by atoms with Crippen LogP contribution in [0, 0.1) is 0 Å². The van der Waals surface area contributed by atoms with E-state index in [-0.39, 0.29) is 0 Å². The molecule has 4 nitrogen and oxygen atoms in total. The first-order chi connectivity index (χ1) is 9.40. The summed E-state index contributed by atoms with van der Waals surface area (Å²) in [6, 6.07) is 8.05. The van der Waals surface area contributed by atoms with E-state index in [1.807, 2.05) is 31.2 Å². The zero-order valence-electron chi connectivity index (χ0n) is 11.7. The maximum Gasteiger partial charge on any atom is 0.142 e. The SMILES string of the molecule is CCOc1ccccc1NCCNCC1CCCO1. The second kappa shape index (κ2) is 8.02. The Bertz CT molecular complexity index is 365. The van der Waals surface area contributed by atoms with Crippen molar-refractivity contribution >= 4 is 5.69 Å². The fourth-order valence-electron chi connectivity index (χ4n) is 2.25. The van der Waals surface area contributed by atoms with Crippen molar-refractivity contribution in [3.05, 3.63) is 24.3 Å². The minimum Gasteiger partial charge on any atom is -0.492 e. The van der Waals surface area contributed by atoms with Gasteiger partial charge >= 0.3 is 0 Å². The number of rotatable bonds is 8. The number of ether oxygens (including phenoxy) is 2. The molecule has 1 aromatic carbocycles. The van der Waals surface area contributed by atoms with E-state index in [9.17, 15) is 0 Å². The second-order valence-corrected chi connectivity index (χ2v) is 4.70. The summed E-state index contributed by atoms with van der Waals surface area (Å²) in [5, 5.41) is 6.82. The molecule has 1 saturated heterocycles. The molecule has 0 bridgehead atoms. The maximum absolute atomic E-state index is 5.57. The highest BCUT2D eigenvalue weighted by atomic mass is 16.5. The molecule has 0 spiro atoms. The summed E-state index contributed by atoms with van der Waals surface area (Å²) in [4.78, 5) is 0. The molecular formula is C15H24N2O2. The van der Waals surface area contributed by atoms with Crippen molar-refractivity contribution in [3.8, 4) is 5.75 Å². The predicted octanol–water partition coefficient (Wildman–Crippen LogP) is 2.27. The molecule has 1 aliphatic rings. The van der Waals surface area contributed by atoms with Crippen LogP contribution in [-0.2, 0) is 4.74 Å². The zero-order valence-corrected chi connectivity index (χ0v) is 11.7. The highest BCUT2D eigenvalue weighted by Crippen LogP contribution is 2.23. The van der Waals surface area contributed by atoms with Crippen LogP contribution in [0.2, 0.25) is 0 Å². The molecule has 106 valence electrons. The Morgan fingerprint density at radius 3 is 3.00 bits per heavy atom. The van der Waals surface area contributed by atoms with Crippen molar-refractivity contribution in [3.63, 3.8) is 0 Å². The molecule has 1 atom stereocenters. The first kappa shape index (κ1) is 14.2. The summed E-state index contributed by atoms with van der Waals surface area (Å²) in [5.41, 5.74) is 1.06. The van der Waals surface area contributed by atoms with E-state index < -0.39 is 0 Å². The third-order valence-corrected chi connectivity index (χ3v) is 3.20. The lowest BCUT2D eigenvalue weighted by atomic mass is 10.2. The van der Waals surface area contributed by atoms with Crippen LogP contribution in [0.15, 0.2) is 24.3 Å². The predicted molar refractivity (Wildman–Crippen MR) is 77.9 cm³/mol. The molecule has 1 unspecified atom stereocenters. The number of para-hydroxylation sites is 2. The van der Waals surface area contributed by atoms with Gasteiger partial charge in [-0.2, -0.15) is 0 Å². The van der Waals surface area contributed by atoms with Crippen LogP contribution in [0.3, 0.4) is 0 Å². The van der Waals surface area contributed by atoms with Crippen molar-refractivity contribution in [1.82, 2.24) is 5.32 Å². The highest BCUT2D eigenvalue weighted by molar-refractivity contribution is 5.56. The van der Waals surface area contributed by atoms with Crippen molar-refractivity contribution < 1.29 is 9.47 Å². The average Bonchev–Trinajstić information content (AvgIpc) is 2.94. The summed E-state index contributed by atoms with van der Waals surface area (Å²) in [6.07, 6.45) is 2.80. The van der Waals surface area contributed by atoms with Gasteiger partial charge in [0.2, 0.25) is 0 Å². The first-order valence-electron chi connectivity index (χ1n) is 7.18. The molecule has 0 saturated carbocycles. The maximum atomic E-state index is 5.57. The molecule has 1 aliphatic heterocycles.